The second kappa shape index (κ2) is 10.7. The number of halogens is 1. The predicted octanol–water partition coefficient (Wildman–Crippen LogP) is 4.29. The molecule has 2 amide bonds. The lowest BCUT2D eigenvalue weighted by Crippen LogP contribution is -2.55. The molecule has 0 unspecified atom stereocenters. The van der Waals surface area contributed by atoms with Gasteiger partial charge in [0.2, 0.25) is 11.8 Å². The van der Waals surface area contributed by atoms with E-state index in [2.05, 4.69) is 26.4 Å². The van der Waals surface area contributed by atoms with Crippen molar-refractivity contribution in [3.05, 3.63) is 83.1 Å². The van der Waals surface area contributed by atoms with Crippen molar-refractivity contribution in [2.24, 2.45) is 12.5 Å². The number of carbonyl (C=O) groups is 2. The summed E-state index contributed by atoms with van der Waals surface area (Å²) in [6.45, 7) is 5.68. The summed E-state index contributed by atoms with van der Waals surface area (Å²) < 4.78 is 17.9. The number of imide groups is 1. The number of likely N-dealkylation sites (tertiary alicyclic amines) is 1. The highest BCUT2D eigenvalue weighted by Crippen LogP contribution is 2.48. The van der Waals surface area contributed by atoms with Gasteiger partial charge in [-0.1, -0.05) is 44.2 Å². The summed E-state index contributed by atoms with van der Waals surface area (Å²) in [4.78, 5) is 30.7. The fourth-order valence-corrected chi connectivity index (χ4v) is 6.59. The van der Waals surface area contributed by atoms with Gasteiger partial charge in [0, 0.05) is 67.4 Å². The fourth-order valence-electron chi connectivity index (χ4n) is 6.59. The number of piperidine rings is 2. The molecule has 0 radical (unpaired) electrons. The molecule has 2 aromatic carbocycles. The van der Waals surface area contributed by atoms with E-state index in [0.717, 1.165) is 16.7 Å². The minimum absolute atomic E-state index is 0.220. The third-order valence-corrected chi connectivity index (χ3v) is 9.04. The van der Waals surface area contributed by atoms with E-state index < -0.39 is 28.7 Å². The first-order valence-corrected chi connectivity index (χ1v) is 14.4. The van der Waals surface area contributed by atoms with Crippen molar-refractivity contribution in [3.8, 4) is 17.2 Å². The Morgan fingerprint density at radius 3 is 2.65 bits per heavy atom. The average molecular weight is 581 g/mol. The number of aliphatic hydroxyl groups is 1. The molecule has 2 atom stereocenters. The second-order valence-electron chi connectivity index (χ2n) is 12.3. The highest BCUT2D eigenvalue weighted by atomic mass is 19.1. The van der Waals surface area contributed by atoms with Gasteiger partial charge in [-0.2, -0.15) is 10.4 Å². The second-order valence-corrected chi connectivity index (χ2v) is 12.3. The maximum absolute atomic E-state index is 16.2. The zero-order valence-electron chi connectivity index (χ0n) is 24.4. The third-order valence-electron chi connectivity index (χ3n) is 9.04. The number of pyridine rings is 1. The summed E-state index contributed by atoms with van der Waals surface area (Å²) in [6.07, 6.45) is 4.29. The van der Waals surface area contributed by atoms with Crippen LogP contribution in [0.2, 0.25) is 0 Å². The first-order valence-electron chi connectivity index (χ1n) is 14.4. The lowest BCUT2D eigenvalue weighted by atomic mass is 9.66. The van der Waals surface area contributed by atoms with Crippen molar-refractivity contribution < 1.29 is 19.1 Å². The van der Waals surface area contributed by atoms with Gasteiger partial charge in [-0.25, -0.2) is 4.39 Å². The molecule has 9 nitrogen and oxygen atoms in total. The first-order chi connectivity index (χ1) is 20.5. The molecule has 0 bridgehead atoms. The molecule has 4 aromatic rings. The minimum Gasteiger partial charge on any atom is -0.384 e. The van der Waals surface area contributed by atoms with Crippen LogP contribution < -0.4 is 5.32 Å². The number of benzene rings is 2. The molecular weight excluding hydrogens is 547 g/mol. The van der Waals surface area contributed by atoms with E-state index in [-0.39, 0.29) is 23.3 Å². The summed E-state index contributed by atoms with van der Waals surface area (Å²) >= 11 is 0. The number of nitriles is 1. The maximum atomic E-state index is 16.2. The van der Waals surface area contributed by atoms with Crippen molar-refractivity contribution in [1.82, 2.24) is 25.0 Å². The molecule has 2 aliphatic heterocycles. The SMILES string of the molecule is Cn1cc(-c2ccc(CN3CC[C@@](O)(c4ccc5ncc([C@@H]6CCC(=O)NC6=O)cc5c4F)C(C)(C)C3)cc2)c(C#N)n1. The third kappa shape index (κ3) is 5.09. The highest BCUT2D eigenvalue weighted by Gasteiger charge is 2.50. The number of hydrogen-bond acceptors (Lipinski definition) is 7. The molecule has 2 saturated heterocycles. The largest absolute Gasteiger partial charge is 0.384 e. The number of aryl methyl sites for hydroxylation is 1. The predicted molar refractivity (Wildman–Crippen MR) is 158 cm³/mol. The molecular formula is C33H33FN6O3. The number of nitrogens with zero attached hydrogens (tertiary/aromatic N) is 5. The number of fused-ring (bicyclic) bond motifs is 1. The Hall–Kier alpha value is -4.46. The van der Waals surface area contributed by atoms with Crippen LogP contribution in [-0.4, -0.2) is 49.7 Å². The van der Waals surface area contributed by atoms with Crippen LogP contribution in [0.15, 0.2) is 54.9 Å². The topological polar surface area (TPSA) is 124 Å². The molecule has 2 fully saturated rings. The molecule has 2 aliphatic rings. The van der Waals surface area contributed by atoms with Gasteiger partial charge in [0.25, 0.3) is 0 Å². The molecule has 0 aliphatic carbocycles. The number of nitrogens with one attached hydrogen (secondary N) is 1. The Morgan fingerprint density at radius 2 is 1.95 bits per heavy atom. The van der Waals surface area contributed by atoms with Gasteiger partial charge in [-0.05, 0) is 41.7 Å². The smallest absolute Gasteiger partial charge is 0.234 e. The number of hydrogen-bond donors (Lipinski definition) is 2. The van der Waals surface area contributed by atoms with E-state index in [1.165, 1.54) is 0 Å². The highest BCUT2D eigenvalue weighted by molar-refractivity contribution is 6.01. The Bertz CT molecular complexity index is 1790. The lowest BCUT2D eigenvalue weighted by molar-refractivity contribution is -0.134. The van der Waals surface area contributed by atoms with Gasteiger partial charge in [-0.3, -0.25) is 29.5 Å². The lowest BCUT2D eigenvalue weighted by Gasteiger charge is -2.50. The monoisotopic (exact) mass is 580 g/mol. The number of aromatic nitrogens is 3. The first kappa shape index (κ1) is 28.6. The van der Waals surface area contributed by atoms with Crippen LogP contribution in [0.4, 0.5) is 4.39 Å². The van der Waals surface area contributed by atoms with Crippen LogP contribution in [0.3, 0.4) is 0 Å². The molecule has 4 heterocycles. The van der Waals surface area contributed by atoms with Crippen molar-refractivity contribution in [1.29, 1.82) is 5.26 Å². The van der Waals surface area contributed by atoms with Crippen LogP contribution in [0, 0.1) is 22.6 Å². The molecule has 0 spiro atoms. The number of rotatable bonds is 5. The van der Waals surface area contributed by atoms with E-state index in [1.807, 2.05) is 44.3 Å². The summed E-state index contributed by atoms with van der Waals surface area (Å²) in [5.41, 5.74) is 2.28. The summed E-state index contributed by atoms with van der Waals surface area (Å²) in [5.74, 6) is -1.83. The zero-order chi connectivity index (χ0) is 30.5. The average Bonchev–Trinajstić information content (AvgIpc) is 3.36. The Morgan fingerprint density at radius 1 is 1.19 bits per heavy atom. The molecule has 43 heavy (non-hydrogen) atoms. The van der Waals surface area contributed by atoms with Crippen LogP contribution in [0.5, 0.6) is 0 Å². The molecule has 220 valence electrons. The van der Waals surface area contributed by atoms with Crippen LogP contribution >= 0.6 is 0 Å². The quantitative estimate of drug-likeness (QED) is 0.338. The standard InChI is InChI=1S/C33H33FN6O3/c1-32(2)19-40(17-20-4-6-21(7-5-20)25-18-39(3)38-28(25)15-35)13-12-33(32,43)26-9-10-27-24(30(26)34)14-22(16-36-27)23-8-11-29(41)37-31(23)42/h4-7,9-10,14,16,18,23,43H,8,11-13,17,19H2,1-3H3,(H,37,41,42)/t23-,33+/m0/s1. The van der Waals surface area contributed by atoms with Gasteiger partial charge >= 0.3 is 0 Å². The molecule has 2 aromatic heterocycles. The summed E-state index contributed by atoms with van der Waals surface area (Å²) in [5, 5.41) is 28.3. The van der Waals surface area contributed by atoms with E-state index in [9.17, 15) is 20.0 Å². The summed E-state index contributed by atoms with van der Waals surface area (Å²) in [6, 6.07) is 15.1. The van der Waals surface area contributed by atoms with E-state index in [1.54, 1.807) is 36.1 Å². The Labute approximate surface area is 249 Å². The normalized spacial score (nSPS) is 22.4. The van der Waals surface area contributed by atoms with Crippen LogP contribution in [0.1, 0.15) is 61.4 Å². The molecule has 2 N–H and O–H groups in total. The van der Waals surface area contributed by atoms with Gasteiger partial charge < -0.3 is 5.11 Å². The van der Waals surface area contributed by atoms with Crippen molar-refractivity contribution in [3.63, 3.8) is 0 Å². The van der Waals surface area contributed by atoms with Crippen molar-refractivity contribution in [2.75, 3.05) is 13.1 Å². The fraction of sp³-hybridized carbons (Fsp3) is 0.364. The van der Waals surface area contributed by atoms with E-state index >= 15 is 4.39 Å². The minimum atomic E-state index is -1.43. The number of amides is 2. The van der Waals surface area contributed by atoms with Gasteiger partial charge in [0.15, 0.2) is 5.69 Å². The Balaban J connectivity index is 1.22. The van der Waals surface area contributed by atoms with Gasteiger partial charge in [-0.15, -0.1) is 0 Å². The van der Waals surface area contributed by atoms with Crippen molar-refractivity contribution in [2.45, 2.75) is 51.2 Å². The molecule has 10 heteroatoms. The summed E-state index contributed by atoms with van der Waals surface area (Å²) in [7, 11) is 1.79. The maximum Gasteiger partial charge on any atom is 0.234 e. The van der Waals surface area contributed by atoms with Crippen LogP contribution in [0.25, 0.3) is 22.0 Å². The van der Waals surface area contributed by atoms with E-state index in [4.69, 9.17) is 0 Å². The molecule has 0 saturated carbocycles. The van der Waals surface area contributed by atoms with Crippen molar-refractivity contribution >= 4 is 22.7 Å². The molecule has 6 rings (SSSR count). The zero-order valence-corrected chi connectivity index (χ0v) is 24.4. The van der Waals surface area contributed by atoms with Gasteiger partial charge in [0.05, 0.1) is 17.0 Å². The van der Waals surface area contributed by atoms with E-state index in [0.29, 0.717) is 49.2 Å². The number of carbonyl (C=O) groups excluding carboxylic acids is 2. The Kier molecular flexibility index (Phi) is 7.11. The van der Waals surface area contributed by atoms with Gasteiger partial charge in [0.1, 0.15) is 11.9 Å². The van der Waals surface area contributed by atoms with Crippen LogP contribution in [-0.2, 0) is 28.8 Å².